The van der Waals surface area contributed by atoms with Crippen molar-refractivity contribution >= 4 is 29.0 Å². The second kappa shape index (κ2) is 9.22. The number of nitrogens with zero attached hydrogens (tertiary/aromatic N) is 4. The number of Topliss-reactive ketones (excluding diaryl/α,β-unsaturated/α-hetero) is 1. The Kier molecular flexibility index (Phi) is 6.13. The summed E-state index contributed by atoms with van der Waals surface area (Å²) in [6.07, 6.45) is 5.43. The van der Waals surface area contributed by atoms with Crippen LogP contribution in [0.2, 0.25) is 5.02 Å². The highest BCUT2D eigenvalue weighted by atomic mass is 35.5. The molecular formula is C26H26ClFN4O2. The topological polar surface area (TPSA) is 58.4 Å². The highest BCUT2D eigenvalue weighted by Crippen LogP contribution is 2.41. The molecule has 2 aliphatic rings. The molecular weight excluding hydrogens is 455 g/mol. The number of rotatable bonds is 6. The molecule has 1 saturated heterocycles. The van der Waals surface area contributed by atoms with Gasteiger partial charge in [-0.1, -0.05) is 35.9 Å². The van der Waals surface area contributed by atoms with E-state index in [1.807, 2.05) is 23.2 Å². The number of imidazole rings is 1. The van der Waals surface area contributed by atoms with Gasteiger partial charge in [-0.25, -0.2) is 9.37 Å². The third-order valence-corrected chi connectivity index (χ3v) is 7.30. The molecule has 1 unspecified atom stereocenters. The van der Waals surface area contributed by atoms with Crippen LogP contribution < -0.4 is 4.90 Å². The number of anilines is 1. The fourth-order valence-corrected chi connectivity index (χ4v) is 5.24. The summed E-state index contributed by atoms with van der Waals surface area (Å²) in [4.78, 5) is 33.9. The van der Waals surface area contributed by atoms with E-state index in [9.17, 15) is 14.0 Å². The minimum absolute atomic E-state index is 0.0124. The zero-order chi connectivity index (χ0) is 23.8. The Balaban J connectivity index is 1.17. The molecule has 2 aromatic carbocycles. The van der Waals surface area contributed by atoms with Crippen LogP contribution in [0.3, 0.4) is 0 Å². The number of benzene rings is 2. The van der Waals surface area contributed by atoms with Crippen molar-refractivity contribution in [2.75, 3.05) is 31.6 Å². The van der Waals surface area contributed by atoms with Crippen molar-refractivity contribution in [2.24, 2.45) is 5.92 Å². The number of ketones is 1. The SMILES string of the molecule is CN(CC(=O)N1CCC(C(=O)CC2c3ccccc3-c3cncn32)CC1)c1ccc(F)c(Cl)c1. The first-order valence-corrected chi connectivity index (χ1v) is 11.9. The average molecular weight is 481 g/mol. The van der Waals surface area contributed by atoms with Gasteiger partial charge in [-0.15, -0.1) is 0 Å². The minimum atomic E-state index is -0.484. The van der Waals surface area contributed by atoms with E-state index in [0.29, 0.717) is 38.0 Å². The van der Waals surface area contributed by atoms with Crippen LogP contribution in [0.15, 0.2) is 55.0 Å². The lowest BCUT2D eigenvalue weighted by Crippen LogP contribution is -2.44. The van der Waals surface area contributed by atoms with E-state index < -0.39 is 5.82 Å². The molecule has 6 nitrogen and oxygen atoms in total. The summed E-state index contributed by atoms with van der Waals surface area (Å²) in [6, 6.07) is 12.6. The fraction of sp³-hybridized carbons (Fsp3) is 0.346. The van der Waals surface area contributed by atoms with Crippen molar-refractivity contribution in [3.8, 4) is 11.3 Å². The van der Waals surface area contributed by atoms with Crippen molar-refractivity contribution in [3.05, 3.63) is 71.4 Å². The number of aromatic nitrogens is 2. The average Bonchev–Trinajstić information content (AvgIpc) is 3.43. The molecule has 0 N–H and O–H groups in total. The number of carbonyl (C=O) groups is 2. The lowest BCUT2D eigenvalue weighted by atomic mass is 9.87. The number of piperidine rings is 1. The maximum Gasteiger partial charge on any atom is 0.242 e. The van der Waals surface area contributed by atoms with Gasteiger partial charge < -0.3 is 14.4 Å². The van der Waals surface area contributed by atoms with Crippen LogP contribution in [0.25, 0.3) is 11.3 Å². The lowest BCUT2D eigenvalue weighted by molar-refractivity contribution is -0.134. The first kappa shape index (κ1) is 22.6. The molecule has 0 saturated carbocycles. The van der Waals surface area contributed by atoms with E-state index in [-0.39, 0.29) is 35.2 Å². The molecule has 0 aliphatic carbocycles. The maximum atomic E-state index is 13.4. The quantitative estimate of drug-likeness (QED) is 0.518. The number of likely N-dealkylation sites (tertiary alicyclic amines) is 1. The molecule has 3 aromatic rings. The fourth-order valence-electron chi connectivity index (χ4n) is 5.07. The Bertz CT molecular complexity index is 1240. The van der Waals surface area contributed by atoms with Gasteiger partial charge in [-0.2, -0.15) is 0 Å². The van der Waals surface area contributed by atoms with Crippen LogP contribution in [0.5, 0.6) is 0 Å². The number of hydrogen-bond acceptors (Lipinski definition) is 4. The van der Waals surface area contributed by atoms with Gasteiger partial charge in [0.05, 0.1) is 35.8 Å². The Labute approximate surface area is 202 Å². The Hall–Kier alpha value is -3.19. The van der Waals surface area contributed by atoms with Gasteiger partial charge in [-0.3, -0.25) is 9.59 Å². The zero-order valence-electron chi connectivity index (χ0n) is 19.0. The molecule has 1 atom stereocenters. The van der Waals surface area contributed by atoms with Crippen LogP contribution >= 0.6 is 11.6 Å². The van der Waals surface area contributed by atoms with E-state index in [1.54, 1.807) is 24.3 Å². The van der Waals surface area contributed by atoms with Gasteiger partial charge in [0.2, 0.25) is 5.91 Å². The van der Waals surface area contributed by atoms with Crippen molar-refractivity contribution in [2.45, 2.75) is 25.3 Å². The number of likely N-dealkylation sites (N-methyl/N-ethyl adjacent to an activating group) is 1. The van der Waals surface area contributed by atoms with Gasteiger partial charge in [0.25, 0.3) is 0 Å². The third kappa shape index (κ3) is 4.20. The molecule has 3 heterocycles. The van der Waals surface area contributed by atoms with Crippen LogP contribution in [0.4, 0.5) is 10.1 Å². The molecule has 1 fully saturated rings. The maximum absolute atomic E-state index is 13.4. The van der Waals surface area contributed by atoms with Crippen LogP contribution in [0, 0.1) is 11.7 Å². The van der Waals surface area contributed by atoms with Crippen molar-refractivity contribution in [1.82, 2.24) is 14.5 Å². The summed E-state index contributed by atoms with van der Waals surface area (Å²) in [5, 5.41) is 0.0313. The molecule has 0 spiro atoms. The molecule has 0 bridgehead atoms. The molecule has 0 radical (unpaired) electrons. The van der Waals surface area contributed by atoms with E-state index in [2.05, 4.69) is 21.7 Å². The largest absolute Gasteiger partial charge is 0.365 e. The predicted octanol–water partition coefficient (Wildman–Crippen LogP) is 4.58. The summed E-state index contributed by atoms with van der Waals surface area (Å²) >= 11 is 5.87. The van der Waals surface area contributed by atoms with E-state index in [1.165, 1.54) is 17.7 Å². The minimum Gasteiger partial charge on any atom is -0.365 e. The monoisotopic (exact) mass is 480 g/mol. The van der Waals surface area contributed by atoms with Gasteiger partial charge in [0.1, 0.15) is 11.6 Å². The third-order valence-electron chi connectivity index (χ3n) is 7.01. The van der Waals surface area contributed by atoms with Crippen molar-refractivity contribution in [3.63, 3.8) is 0 Å². The molecule has 1 amide bonds. The second-order valence-corrected chi connectivity index (χ2v) is 9.48. The molecule has 8 heteroatoms. The van der Waals surface area contributed by atoms with Crippen LogP contribution in [-0.4, -0.2) is 52.8 Å². The summed E-state index contributed by atoms with van der Waals surface area (Å²) in [5.41, 5.74) is 4.05. The van der Waals surface area contributed by atoms with E-state index >= 15 is 0 Å². The zero-order valence-corrected chi connectivity index (χ0v) is 19.7. The molecule has 2 aliphatic heterocycles. The number of carbonyl (C=O) groups excluding carboxylic acids is 2. The first-order chi connectivity index (χ1) is 16.4. The summed E-state index contributed by atoms with van der Waals surface area (Å²) in [7, 11) is 1.78. The van der Waals surface area contributed by atoms with Gasteiger partial charge in [-0.05, 0) is 36.6 Å². The van der Waals surface area contributed by atoms with E-state index in [0.717, 1.165) is 11.3 Å². The normalized spacial score (nSPS) is 17.4. The number of halogens is 2. The molecule has 34 heavy (non-hydrogen) atoms. The molecule has 5 rings (SSSR count). The standard InChI is InChI=1S/C26H26ClFN4O2/c1-30(18-6-7-22(28)21(27)12-18)15-26(34)31-10-8-17(9-11-31)25(33)13-23-19-4-2-3-5-20(19)24-14-29-16-32(23)24/h2-7,12,14,16-17,23H,8-11,13,15H2,1H3. The molecule has 1 aromatic heterocycles. The summed E-state index contributed by atoms with van der Waals surface area (Å²) in [5.74, 6) is -0.298. The van der Waals surface area contributed by atoms with Gasteiger partial charge in [0.15, 0.2) is 0 Å². The smallest absolute Gasteiger partial charge is 0.242 e. The summed E-state index contributed by atoms with van der Waals surface area (Å²) in [6.45, 7) is 1.29. The number of amides is 1. The summed E-state index contributed by atoms with van der Waals surface area (Å²) < 4.78 is 15.5. The second-order valence-electron chi connectivity index (χ2n) is 9.07. The highest BCUT2D eigenvalue weighted by Gasteiger charge is 2.33. The van der Waals surface area contributed by atoms with Gasteiger partial charge >= 0.3 is 0 Å². The van der Waals surface area contributed by atoms with Gasteiger partial charge in [0, 0.05) is 43.7 Å². The Morgan fingerprint density at radius 3 is 2.71 bits per heavy atom. The van der Waals surface area contributed by atoms with Crippen LogP contribution in [-0.2, 0) is 9.59 Å². The Morgan fingerprint density at radius 1 is 1.18 bits per heavy atom. The highest BCUT2D eigenvalue weighted by molar-refractivity contribution is 6.31. The number of hydrogen-bond donors (Lipinski definition) is 0. The van der Waals surface area contributed by atoms with Crippen LogP contribution in [0.1, 0.15) is 30.9 Å². The lowest BCUT2D eigenvalue weighted by Gasteiger charge is -2.33. The molecule has 176 valence electrons. The van der Waals surface area contributed by atoms with Crippen molar-refractivity contribution < 1.29 is 14.0 Å². The Morgan fingerprint density at radius 2 is 1.94 bits per heavy atom. The predicted molar refractivity (Wildman–Crippen MR) is 129 cm³/mol. The van der Waals surface area contributed by atoms with E-state index in [4.69, 9.17) is 11.6 Å². The first-order valence-electron chi connectivity index (χ1n) is 11.5. The number of fused-ring (bicyclic) bond motifs is 3. The van der Waals surface area contributed by atoms with Crippen molar-refractivity contribution in [1.29, 1.82) is 0 Å².